The summed E-state index contributed by atoms with van der Waals surface area (Å²) < 4.78 is 2.29. The van der Waals surface area contributed by atoms with Crippen LogP contribution in [-0.4, -0.2) is 15.5 Å². The lowest BCUT2D eigenvalue weighted by Crippen LogP contribution is -2.16. The first kappa shape index (κ1) is 19.3. The van der Waals surface area contributed by atoms with Gasteiger partial charge in [-0.05, 0) is 35.2 Å². The smallest absolute Gasteiger partial charge is 0.225 e. The number of aromatic nitrogens is 2. The zero-order valence-corrected chi connectivity index (χ0v) is 17.4. The van der Waals surface area contributed by atoms with Crippen molar-refractivity contribution < 1.29 is 4.79 Å². The zero-order valence-electron chi connectivity index (χ0n) is 17.4. The average Bonchev–Trinajstić information content (AvgIpc) is 3.44. The van der Waals surface area contributed by atoms with E-state index in [2.05, 4.69) is 51.3 Å². The molecule has 0 saturated heterocycles. The number of hydrogen-bond acceptors (Lipinski definition) is 2. The minimum Gasteiger partial charge on any atom is -0.328 e. The molecule has 5 rings (SSSR count). The Bertz CT molecular complexity index is 1120. The summed E-state index contributed by atoms with van der Waals surface area (Å²) in [6.07, 6.45) is 4.56. The van der Waals surface area contributed by atoms with Crippen molar-refractivity contribution in [3.8, 4) is 11.3 Å². The Hall–Kier alpha value is -3.66. The SMILES string of the molecule is O=C(CC(c1ccccc1)c1ccccc1)Nc1ccc(-c2cnc3n2CCC3)cc1. The number of nitrogens with zero attached hydrogens (tertiary/aromatic N) is 2. The Morgan fingerprint density at radius 2 is 1.55 bits per heavy atom. The number of aryl methyl sites for hydroxylation is 1. The van der Waals surface area contributed by atoms with Crippen molar-refractivity contribution in [3.05, 3.63) is 108 Å². The predicted octanol–water partition coefficient (Wildman–Crippen LogP) is 5.66. The van der Waals surface area contributed by atoms with E-state index in [1.807, 2.05) is 54.7 Å². The van der Waals surface area contributed by atoms with E-state index < -0.39 is 0 Å². The normalized spacial score (nSPS) is 12.7. The summed E-state index contributed by atoms with van der Waals surface area (Å²) in [5.41, 5.74) is 5.39. The van der Waals surface area contributed by atoms with Crippen molar-refractivity contribution in [3.63, 3.8) is 0 Å². The lowest BCUT2D eigenvalue weighted by atomic mass is 9.88. The number of anilines is 1. The third-order valence-electron chi connectivity index (χ3n) is 5.98. The fourth-order valence-electron chi connectivity index (χ4n) is 4.41. The van der Waals surface area contributed by atoms with Crippen LogP contribution in [0.1, 0.15) is 35.7 Å². The molecule has 0 atom stereocenters. The lowest BCUT2D eigenvalue weighted by Gasteiger charge is -2.18. The Morgan fingerprint density at radius 1 is 0.903 bits per heavy atom. The minimum atomic E-state index is 0.00991. The molecule has 154 valence electrons. The van der Waals surface area contributed by atoms with Gasteiger partial charge in [-0.2, -0.15) is 0 Å². The fraction of sp³-hybridized carbons (Fsp3) is 0.185. The molecule has 2 heterocycles. The Kier molecular flexibility index (Phi) is 5.36. The summed E-state index contributed by atoms with van der Waals surface area (Å²) in [4.78, 5) is 17.4. The molecule has 4 aromatic rings. The molecule has 4 nitrogen and oxygen atoms in total. The van der Waals surface area contributed by atoms with Crippen molar-refractivity contribution >= 4 is 11.6 Å². The molecule has 4 heteroatoms. The van der Waals surface area contributed by atoms with Crippen LogP contribution in [-0.2, 0) is 17.8 Å². The van der Waals surface area contributed by atoms with E-state index in [0.29, 0.717) is 6.42 Å². The van der Waals surface area contributed by atoms with Crippen LogP contribution < -0.4 is 5.32 Å². The highest BCUT2D eigenvalue weighted by molar-refractivity contribution is 5.91. The van der Waals surface area contributed by atoms with Crippen LogP contribution in [0.2, 0.25) is 0 Å². The van der Waals surface area contributed by atoms with Gasteiger partial charge in [-0.1, -0.05) is 72.8 Å². The summed E-state index contributed by atoms with van der Waals surface area (Å²) >= 11 is 0. The van der Waals surface area contributed by atoms with Gasteiger partial charge in [0.1, 0.15) is 5.82 Å². The van der Waals surface area contributed by atoms with Gasteiger partial charge >= 0.3 is 0 Å². The molecule has 1 aliphatic heterocycles. The number of amides is 1. The van der Waals surface area contributed by atoms with Crippen molar-refractivity contribution in [2.45, 2.75) is 31.7 Å². The second kappa shape index (κ2) is 8.60. The van der Waals surface area contributed by atoms with Crippen LogP contribution >= 0.6 is 0 Å². The summed E-state index contributed by atoms with van der Waals surface area (Å²) in [6, 6.07) is 28.5. The number of fused-ring (bicyclic) bond motifs is 1. The van der Waals surface area contributed by atoms with E-state index in [9.17, 15) is 4.79 Å². The highest BCUT2D eigenvalue weighted by Gasteiger charge is 2.19. The standard InChI is InChI=1S/C27H25N3O/c31-27(18-24(20-8-3-1-4-9-20)21-10-5-2-6-11-21)29-23-15-13-22(14-16-23)25-19-28-26-12-7-17-30(25)26/h1-6,8-11,13-16,19,24H,7,12,17-18H2,(H,29,31). The molecule has 0 spiro atoms. The van der Waals surface area contributed by atoms with Gasteiger partial charge in [0.15, 0.2) is 0 Å². The van der Waals surface area contributed by atoms with Gasteiger partial charge in [0.2, 0.25) is 5.91 Å². The summed E-state index contributed by atoms with van der Waals surface area (Å²) in [6.45, 7) is 1.03. The Labute approximate surface area is 182 Å². The number of carbonyl (C=O) groups excluding carboxylic acids is 1. The second-order valence-corrected chi connectivity index (χ2v) is 8.02. The van der Waals surface area contributed by atoms with Crippen LogP contribution in [0.25, 0.3) is 11.3 Å². The molecule has 0 radical (unpaired) electrons. The molecule has 31 heavy (non-hydrogen) atoms. The van der Waals surface area contributed by atoms with Crippen LogP contribution in [0, 0.1) is 0 Å². The maximum atomic E-state index is 12.9. The van der Waals surface area contributed by atoms with Gasteiger partial charge < -0.3 is 9.88 Å². The number of carbonyl (C=O) groups is 1. The topological polar surface area (TPSA) is 46.9 Å². The van der Waals surface area contributed by atoms with Crippen molar-refractivity contribution in [1.82, 2.24) is 9.55 Å². The molecule has 0 bridgehead atoms. The number of imidazole rings is 1. The third kappa shape index (κ3) is 4.15. The van der Waals surface area contributed by atoms with Crippen LogP contribution in [0.5, 0.6) is 0 Å². The highest BCUT2D eigenvalue weighted by atomic mass is 16.1. The average molecular weight is 408 g/mol. The second-order valence-electron chi connectivity index (χ2n) is 8.02. The van der Waals surface area contributed by atoms with E-state index in [1.54, 1.807) is 0 Å². The van der Waals surface area contributed by atoms with Crippen molar-refractivity contribution in [2.75, 3.05) is 5.32 Å². The number of rotatable bonds is 6. The van der Waals surface area contributed by atoms with Crippen molar-refractivity contribution in [1.29, 1.82) is 0 Å². The van der Waals surface area contributed by atoms with Gasteiger partial charge in [0.25, 0.3) is 0 Å². The van der Waals surface area contributed by atoms with Crippen molar-refractivity contribution in [2.24, 2.45) is 0 Å². The molecular formula is C27H25N3O. The maximum absolute atomic E-state index is 12.9. The largest absolute Gasteiger partial charge is 0.328 e. The van der Waals surface area contributed by atoms with E-state index in [0.717, 1.165) is 47.5 Å². The molecule has 0 fully saturated rings. The first-order chi connectivity index (χ1) is 15.3. The number of nitrogens with one attached hydrogen (secondary N) is 1. The maximum Gasteiger partial charge on any atom is 0.225 e. The quantitative estimate of drug-likeness (QED) is 0.448. The first-order valence-corrected chi connectivity index (χ1v) is 10.8. The van der Waals surface area contributed by atoms with Crippen LogP contribution in [0.4, 0.5) is 5.69 Å². The molecule has 1 amide bonds. The van der Waals surface area contributed by atoms with E-state index in [1.165, 1.54) is 5.82 Å². The number of hydrogen-bond donors (Lipinski definition) is 1. The minimum absolute atomic E-state index is 0.00991. The first-order valence-electron chi connectivity index (χ1n) is 10.8. The third-order valence-corrected chi connectivity index (χ3v) is 5.98. The summed E-state index contributed by atoms with van der Waals surface area (Å²) in [7, 11) is 0. The molecule has 3 aromatic carbocycles. The molecule has 1 N–H and O–H groups in total. The monoisotopic (exact) mass is 407 g/mol. The van der Waals surface area contributed by atoms with Gasteiger partial charge in [0.05, 0.1) is 11.9 Å². The molecule has 1 aromatic heterocycles. The molecular weight excluding hydrogens is 382 g/mol. The number of benzene rings is 3. The molecule has 1 aliphatic rings. The van der Waals surface area contributed by atoms with Gasteiger partial charge in [0, 0.05) is 31.0 Å². The zero-order chi connectivity index (χ0) is 21.0. The summed E-state index contributed by atoms with van der Waals surface area (Å²) in [5, 5.41) is 3.08. The van der Waals surface area contributed by atoms with Gasteiger partial charge in [-0.15, -0.1) is 0 Å². The molecule has 0 unspecified atom stereocenters. The van der Waals surface area contributed by atoms with Gasteiger partial charge in [-0.3, -0.25) is 4.79 Å². The Balaban J connectivity index is 1.31. The lowest BCUT2D eigenvalue weighted by molar-refractivity contribution is -0.116. The molecule has 0 saturated carbocycles. The van der Waals surface area contributed by atoms with E-state index in [4.69, 9.17) is 0 Å². The van der Waals surface area contributed by atoms with Gasteiger partial charge in [-0.25, -0.2) is 4.98 Å². The Morgan fingerprint density at radius 3 is 2.19 bits per heavy atom. The van der Waals surface area contributed by atoms with Crippen LogP contribution in [0.15, 0.2) is 91.1 Å². The highest BCUT2D eigenvalue weighted by Crippen LogP contribution is 2.29. The van der Waals surface area contributed by atoms with E-state index >= 15 is 0 Å². The van der Waals surface area contributed by atoms with E-state index in [-0.39, 0.29) is 11.8 Å². The predicted molar refractivity (Wildman–Crippen MR) is 124 cm³/mol. The van der Waals surface area contributed by atoms with Crippen LogP contribution in [0.3, 0.4) is 0 Å². The fourth-order valence-corrected chi connectivity index (χ4v) is 4.41. The summed E-state index contributed by atoms with van der Waals surface area (Å²) in [5.74, 6) is 1.20. The molecule has 0 aliphatic carbocycles.